The number of halogens is 1. The van der Waals surface area contributed by atoms with Gasteiger partial charge in [0.25, 0.3) is 0 Å². The summed E-state index contributed by atoms with van der Waals surface area (Å²) >= 11 is 3.18. The fourth-order valence-corrected chi connectivity index (χ4v) is 4.57. The molecule has 0 spiro atoms. The van der Waals surface area contributed by atoms with Crippen LogP contribution < -0.4 is 4.72 Å². The number of benzene rings is 1. The summed E-state index contributed by atoms with van der Waals surface area (Å²) in [6.45, 7) is 0. The molecule has 1 fully saturated rings. The highest BCUT2D eigenvalue weighted by molar-refractivity contribution is 9.10. The quantitative estimate of drug-likeness (QED) is 0.824. The van der Waals surface area contributed by atoms with Gasteiger partial charge in [-0.2, -0.15) is 0 Å². The van der Waals surface area contributed by atoms with Gasteiger partial charge in [0, 0.05) is 4.47 Å². The lowest BCUT2D eigenvalue weighted by molar-refractivity contribution is 0.0698. The molecular weight excluding hydrogens is 358 g/mol. The Hall–Kier alpha value is -1.08. The molecule has 1 aromatic rings. The lowest BCUT2D eigenvalue weighted by Crippen LogP contribution is -2.25. The fourth-order valence-electron chi connectivity index (χ4n) is 2.66. The van der Waals surface area contributed by atoms with Gasteiger partial charge in [-0.15, -0.1) is 0 Å². The summed E-state index contributed by atoms with van der Waals surface area (Å²) in [7, 11) is -3.53. The molecule has 0 unspecified atom stereocenters. The van der Waals surface area contributed by atoms with Gasteiger partial charge in [-0.3, -0.25) is 4.72 Å². The molecule has 0 heterocycles. The Labute approximate surface area is 132 Å². The van der Waals surface area contributed by atoms with E-state index >= 15 is 0 Å². The summed E-state index contributed by atoms with van der Waals surface area (Å²) in [4.78, 5) is 11.2. The van der Waals surface area contributed by atoms with Crippen LogP contribution in [0.4, 0.5) is 5.69 Å². The van der Waals surface area contributed by atoms with Crippen molar-refractivity contribution in [1.82, 2.24) is 0 Å². The third-order valence-electron chi connectivity index (χ3n) is 3.66. The highest BCUT2D eigenvalue weighted by Crippen LogP contribution is 2.27. The smallest absolute Gasteiger partial charge is 0.337 e. The van der Waals surface area contributed by atoms with Gasteiger partial charge in [-0.1, -0.05) is 35.2 Å². The molecule has 0 amide bonds. The largest absolute Gasteiger partial charge is 0.478 e. The summed E-state index contributed by atoms with van der Waals surface area (Å²) in [5.74, 6) is -0.936. The average molecular weight is 376 g/mol. The van der Waals surface area contributed by atoms with Crippen molar-refractivity contribution in [2.45, 2.75) is 32.1 Å². The topological polar surface area (TPSA) is 83.5 Å². The van der Waals surface area contributed by atoms with Crippen LogP contribution in [0.2, 0.25) is 0 Å². The van der Waals surface area contributed by atoms with Crippen LogP contribution >= 0.6 is 15.9 Å². The minimum Gasteiger partial charge on any atom is -0.478 e. The van der Waals surface area contributed by atoms with Gasteiger partial charge in [0.15, 0.2) is 0 Å². The molecule has 0 bridgehead atoms. The number of hydrogen-bond acceptors (Lipinski definition) is 3. The zero-order valence-electron chi connectivity index (χ0n) is 11.5. The zero-order chi connectivity index (χ0) is 15.5. The third kappa shape index (κ3) is 4.71. The number of sulfonamides is 1. The van der Waals surface area contributed by atoms with Crippen molar-refractivity contribution in [2.24, 2.45) is 5.92 Å². The predicted molar refractivity (Wildman–Crippen MR) is 85.1 cm³/mol. The first-order valence-electron chi connectivity index (χ1n) is 6.91. The average Bonchev–Trinajstić information content (AvgIpc) is 2.41. The van der Waals surface area contributed by atoms with Crippen molar-refractivity contribution in [3.63, 3.8) is 0 Å². The fraction of sp³-hybridized carbons (Fsp3) is 0.500. The summed E-state index contributed by atoms with van der Waals surface area (Å²) in [6, 6.07) is 4.47. The van der Waals surface area contributed by atoms with E-state index in [9.17, 15) is 13.2 Å². The summed E-state index contributed by atoms with van der Waals surface area (Å²) in [5, 5.41) is 9.15. The van der Waals surface area contributed by atoms with E-state index in [1.165, 1.54) is 18.6 Å². The number of anilines is 1. The Morgan fingerprint density at radius 1 is 1.29 bits per heavy atom. The third-order valence-corrected chi connectivity index (χ3v) is 5.59. The number of carboxylic acid groups (broad SMARTS) is 1. The first-order chi connectivity index (χ1) is 9.87. The van der Waals surface area contributed by atoms with Crippen LogP contribution in [0.15, 0.2) is 22.7 Å². The Morgan fingerprint density at radius 3 is 2.57 bits per heavy atom. The van der Waals surface area contributed by atoms with Gasteiger partial charge in [0.2, 0.25) is 10.0 Å². The van der Waals surface area contributed by atoms with Gasteiger partial charge in [0.1, 0.15) is 0 Å². The summed E-state index contributed by atoms with van der Waals surface area (Å²) in [6.07, 6.45) is 5.15. The SMILES string of the molecule is O=C(O)c1cc(Br)ccc1NS(=O)(=O)CC1CCCCC1. The van der Waals surface area contributed by atoms with E-state index in [0.29, 0.717) is 4.47 Å². The molecule has 7 heteroatoms. The number of rotatable bonds is 5. The molecule has 5 nitrogen and oxygen atoms in total. The molecule has 1 saturated carbocycles. The minimum atomic E-state index is -3.53. The first kappa shape index (κ1) is 16.3. The van der Waals surface area contributed by atoms with Crippen molar-refractivity contribution in [3.8, 4) is 0 Å². The van der Waals surface area contributed by atoms with Crippen LogP contribution in [0.3, 0.4) is 0 Å². The zero-order valence-corrected chi connectivity index (χ0v) is 13.9. The van der Waals surface area contributed by atoms with Gasteiger partial charge < -0.3 is 5.11 Å². The number of carboxylic acids is 1. The van der Waals surface area contributed by atoms with Gasteiger partial charge in [0.05, 0.1) is 17.0 Å². The van der Waals surface area contributed by atoms with E-state index in [-0.39, 0.29) is 22.9 Å². The molecule has 2 rings (SSSR count). The number of nitrogens with one attached hydrogen (secondary N) is 1. The maximum Gasteiger partial charge on any atom is 0.337 e. The van der Waals surface area contributed by atoms with Gasteiger partial charge in [-0.05, 0) is 37.0 Å². The van der Waals surface area contributed by atoms with E-state index in [1.54, 1.807) is 6.07 Å². The molecule has 116 valence electrons. The minimum absolute atomic E-state index is 0.0577. The molecule has 21 heavy (non-hydrogen) atoms. The second-order valence-corrected chi connectivity index (χ2v) is 8.07. The summed E-state index contributed by atoms with van der Waals surface area (Å²) in [5.41, 5.74) is 0.0538. The standard InChI is InChI=1S/C14H18BrNO4S/c15-11-6-7-13(12(8-11)14(17)18)16-21(19,20)9-10-4-2-1-3-5-10/h6-8,10,16H,1-5,9H2,(H,17,18). The molecule has 1 aliphatic rings. The van der Waals surface area contributed by atoms with Crippen molar-refractivity contribution in [2.75, 3.05) is 10.5 Å². The maximum atomic E-state index is 12.2. The van der Waals surface area contributed by atoms with Crippen molar-refractivity contribution < 1.29 is 18.3 Å². The van der Waals surface area contributed by atoms with E-state index in [0.717, 1.165) is 25.7 Å². The van der Waals surface area contributed by atoms with Crippen LogP contribution in [0.1, 0.15) is 42.5 Å². The van der Waals surface area contributed by atoms with Crippen LogP contribution in [-0.4, -0.2) is 25.2 Å². The predicted octanol–water partition coefficient (Wildman–Crippen LogP) is 3.47. The van der Waals surface area contributed by atoms with Gasteiger partial charge >= 0.3 is 5.97 Å². The Kier molecular flexibility index (Phi) is 5.27. The Morgan fingerprint density at radius 2 is 1.95 bits per heavy atom. The normalized spacial score (nSPS) is 16.6. The molecular formula is C14H18BrNO4S. The molecule has 1 aliphatic carbocycles. The molecule has 0 aromatic heterocycles. The van der Waals surface area contributed by atoms with Crippen molar-refractivity contribution >= 4 is 37.6 Å². The molecule has 2 N–H and O–H groups in total. The van der Waals surface area contributed by atoms with E-state index in [1.807, 2.05) is 0 Å². The molecule has 0 atom stereocenters. The second-order valence-electron chi connectivity index (χ2n) is 5.38. The number of hydrogen-bond donors (Lipinski definition) is 2. The van der Waals surface area contributed by atoms with Crippen LogP contribution in [0, 0.1) is 5.92 Å². The monoisotopic (exact) mass is 375 g/mol. The van der Waals surface area contributed by atoms with Crippen LogP contribution in [0.25, 0.3) is 0 Å². The second kappa shape index (κ2) is 6.79. The Bertz CT molecular complexity index is 624. The number of carbonyl (C=O) groups is 1. The molecule has 1 aromatic carbocycles. The van der Waals surface area contributed by atoms with E-state index in [2.05, 4.69) is 20.7 Å². The number of aromatic carboxylic acids is 1. The molecule has 0 aliphatic heterocycles. The van der Waals surface area contributed by atoms with Crippen LogP contribution in [0.5, 0.6) is 0 Å². The van der Waals surface area contributed by atoms with Crippen LogP contribution in [-0.2, 0) is 10.0 Å². The Balaban J connectivity index is 2.14. The van der Waals surface area contributed by atoms with E-state index in [4.69, 9.17) is 5.11 Å². The maximum absolute atomic E-state index is 12.2. The molecule has 0 radical (unpaired) electrons. The first-order valence-corrected chi connectivity index (χ1v) is 9.35. The summed E-state index contributed by atoms with van der Waals surface area (Å²) < 4.78 is 27.4. The van der Waals surface area contributed by atoms with E-state index < -0.39 is 16.0 Å². The van der Waals surface area contributed by atoms with Crippen molar-refractivity contribution in [1.29, 1.82) is 0 Å². The highest BCUT2D eigenvalue weighted by atomic mass is 79.9. The lowest BCUT2D eigenvalue weighted by atomic mass is 9.91. The lowest BCUT2D eigenvalue weighted by Gasteiger charge is -2.21. The highest BCUT2D eigenvalue weighted by Gasteiger charge is 2.23. The van der Waals surface area contributed by atoms with Gasteiger partial charge in [-0.25, -0.2) is 13.2 Å². The van der Waals surface area contributed by atoms with Crippen molar-refractivity contribution in [3.05, 3.63) is 28.2 Å². The molecule has 0 saturated heterocycles.